The normalized spacial score (nSPS) is 11.2. The van der Waals surface area contributed by atoms with Crippen molar-refractivity contribution in [1.29, 1.82) is 0 Å². The Hall–Kier alpha value is -2.71. The van der Waals surface area contributed by atoms with Gasteiger partial charge in [0.25, 0.3) is 0 Å². The molecule has 0 unspecified atom stereocenters. The van der Waals surface area contributed by atoms with E-state index < -0.39 is 17.8 Å². The van der Waals surface area contributed by atoms with Crippen LogP contribution in [-0.2, 0) is 17.5 Å². The zero-order valence-electron chi connectivity index (χ0n) is 13.8. The van der Waals surface area contributed by atoms with Crippen LogP contribution in [0.3, 0.4) is 0 Å². The van der Waals surface area contributed by atoms with Crippen LogP contribution in [0.25, 0.3) is 0 Å². The average molecular weight is 357 g/mol. The summed E-state index contributed by atoms with van der Waals surface area (Å²) < 4.78 is 49.3. The lowest BCUT2D eigenvalue weighted by Gasteiger charge is -2.13. The maximum Gasteiger partial charge on any atom is 0.435 e. The first-order chi connectivity index (χ1) is 11.8. The van der Waals surface area contributed by atoms with E-state index in [1.54, 1.807) is 25.1 Å². The summed E-state index contributed by atoms with van der Waals surface area (Å²) in [4.78, 5) is 12.1. The van der Waals surface area contributed by atoms with Gasteiger partial charge >= 0.3 is 6.18 Å². The predicted molar refractivity (Wildman–Crippen MR) is 84.6 cm³/mol. The van der Waals surface area contributed by atoms with Gasteiger partial charge in [0.05, 0.1) is 18.9 Å². The number of hydrogen-bond acceptors (Lipinski definition) is 4. The van der Waals surface area contributed by atoms with Gasteiger partial charge in [0.2, 0.25) is 5.91 Å². The molecule has 25 heavy (non-hydrogen) atoms. The number of carbonyl (C=O) groups excluding carboxylic acids is 1. The van der Waals surface area contributed by atoms with E-state index in [0.29, 0.717) is 30.4 Å². The number of aromatic nitrogens is 2. The lowest BCUT2D eigenvalue weighted by atomic mass is 10.2. The van der Waals surface area contributed by atoms with Gasteiger partial charge in [-0.1, -0.05) is 0 Å². The fourth-order valence-corrected chi connectivity index (χ4v) is 2.08. The molecule has 1 heterocycles. The van der Waals surface area contributed by atoms with Gasteiger partial charge in [0.15, 0.2) is 5.69 Å². The average Bonchev–Trinajstić information content (AvgIpc) is 2.99. The molecular weight excluding hydrogens is 339 g/mol. The Kier molecular flexibility index (Phi) is 5.89. The first-order valence-electron chi connectivity index (χ1n) is 7.63. The Morgan fingerprint density at radius 1 is 1.20 bits per heavy atom. The molecule has 1 amide bonds. The number of anilines is 1. The monoisotopic (exact) mass is 357 g/mol. The maximum atomic E-state index is 12.5. The van der Waals surface area contributed by atoms with Crippen molar-refractivity contribution in [3.8, 4) is 11.5 Å². The van der Waals surface area contributed by atoms with E-state index in [2.05, 4.69) is 10.4 Å². The predicted octanol–water partition coefficient (Wildman–Crippen LogP) is 3.34. The summed E-state index contributed by atoms with van der Waals surface area (Å²) >= 11 is 0. The summed E-state index contributed by atoms with van der Waals surface area (Å²) in [6.45, 7) is 4.11. The highest BCUT2D eigenvalue weighted by Crippen LogP contribution is 2.30. The lowest BCUT2D eigenvalue weighted by molar-refractivity contribution is -0.141. The minimum absolute atomic E-state index is 0.361. The quantitative estimate of drug-likeness (QED) is 0.825. The molecule has 0 saturated heterocycles. The third-order valence-corrected chi connectivity index (χ3v) is 3.07. The van der Waals surface area contributed by atoms with E-state index in [1.807, 2.05) is 6.92 Å². The van der Waals surface area contributed by atoms with E-state index in [9.17, 15) is 18.0 Å². The zero-order valence-corrected chi connectivity index (χ0v) is 13.8. The van der Waals surface area contributed by atoms with Crippen LogP contribution in [-0.4, -0.2) is 28.9 Å². The molecule has 0 aliphatic carbocycles. The number of alkyl halides is 3. The van der Waals surface area contributed by atoms with Crippen LogP contribution in [0.15, 0.2) is 30.5 Å². The van der Waals surface area contributed by atoms with Crippen molar-refractivity contribution < 1.29 is 27.4 Å². The molecule has 0 saturated carbocycles. The Morgan fingerprint density at radius 2 is 1.92 bits per heavy atom. The fourth-order valence-electron chi connectivity index (χ4n) is 2.08. The van der Waals surface area contributed by atoms with Gasteiger partial charge in [-0.2, -0.15) is 18.3 Å². The molecule has 9 heteroatoms. The molecule has 2 aromatic rings. The van der Waals surface area contributed by atoms with Gasteiger partial charge in [-0.3, -0.25) is 9.48 Å². The number of nitrogens with zero attached hydrogens (tertiary/aromatic N) is 2. The number of nitrogens with one attached hydrogen (secondary N) is 1. The second kappa shape index (κ2) is 7.91. The number of ether oxygens (including phenoxy) is 2. The number of halogens is 3. The van der Waals surface area contributed by atoms with Crippen LogP contribution >= 0.6 is 0 Å². The van der Waals surface area contributed by atoms with Crippen molar-refractivity contribution in [3.63, 3.8) is 0 Å². The second-order valence-corrected chi connectivity index (χ2v) is 4.97. The van der Waals surface area contributed by atoms with Crippen LogP contribution in [0.4, 0.5) is 18.9 Å². The summed E-state index contributed by atoms with van der Waals surface area (Å²) in [6.07, 6.45) is -3.45. The number of rotatable bonds is 7. The van der Waals surface area contributed by atoms with Gasteiger partial charge in [0, 0.05) is 12.3 Å². The van der Waals surface area contributed by atoms with Crippen LogP contribution < -0.4 is 14.8 Å². The molecule has 2 rings (SSSR count). The van der Waals surface area contributed by atoms with Crippen molar-refractivity contribution in [2.24, 2.45) is 0 Å². The third-order valence-electron chi connectivity index (χ3n) is 3.07. The molecule has 0 fully saturated rings. The molecule has 1 N–H and O–H groups in total. The minimum atomic E-state index is -4.55. The van der Waals surface area contributed by atoms with Gasteiger partial charge in [-0.15, -0.1) is 0 Å². The maximum absolute atomic E-state index is 12.5. The highest BCUT2D eigenvalue weighted by molar-refractivity contribution is 5.92. The van der Waals surface area contributed by atoms with Crippen molar-refractivity contribution in [3.05, 3.63) is 36.2 Å². The summed E-state index contributed by atoms with van der Waals surface area (Å²) in [7, 11) is 0. The third kappa shape index (κ3) is 5.13. The Balaban J connectivity index is 2.10. The summed E-state index contributed by atoms with van der Waals surface area (Å²) in [6, 6.07) is 5.76. The van der Waals surface area contributed by atoms with E-state index in [4.69, 9.17) is 9.47 Å². The van der Waals surface area contributed by atoms with Crippen LogP contribution in [0.1, 0.15) is 19.5 Å². The zero-order chi connectivity index (χ0) is 18.4. The molecule has 1 aromatic carbocycles. The topological polar surface area (TPSA) is 65.4 Å². The highest BCUT2D eigenvalue weighted by atomic mass is 19.4. The second-order valence-electron chi connectivity index (χ2n) is 4.97. The minimum Gasteiger partial charge on any atom is -0.494 e. The van der Waals surface area contributed by atoms with Gasteiger partial charge in [-0.25, -0.2) is 0 Å². The standard InChI is InChI=1S/C16H18F3N3O3/c1-3-24-11-5-6-13(25-4-2)12(9-11)20-15(23)10-22-8-7-14(21-22)16(17,18)19/h5-9H,3-4,10H2,1-2H3,(H,20,23). The SMILES string of the molecule is CCOc1ccc(OCC)c(NC(=O)Cn2ccc(C(F)(F)F)n2)c1. The van der Waals surface area contributed by atoms with Crippen LogP contribution in [0.5, 0.6) is 11.5 Å². The van der Waals surface area contributed by atoms with Gasteiger partial charge < -0.3 is 14.8 Å². The summed E-state index contributed by atoms with van der Waals surface area (Å²) in [5.74, 6) is 0.446. The van der Waals surface area contributed by atoms with E-state index in [-0.39, 0.29) is 6.54 Å². The Labute approximate surface area is 142 Å². The van der Waals surface area contributed by atoms with Gasteiger partial charge in [-0.05, 0) is 32.0 Å². The van der Waals surface area contributed by atoms with Gasteiger partial charge in [0.1, 0.15) is 18.0 Å². The van der Waals surface area contributed by atoms with Crippen molar-refractivity contribution >= 4 is 11.6 Å². The first kappa shape index (κ1) is 18.6. The lowest BCUT2D eigenvalue weighted by Crippen LogP contribution is -2.20. The molecule has 0 radical (unpaired) electrons. The molecule has 0 bridgehead atoms. The smallest absolute Gasteiger partial charge is 0.435 e. The van der Waals surface area contributed by atoms with Crippen molar-refractivity contribution in [2.75, 3.05) is 18.5 Å². The highest BCUT2D eigenvalue weighted by Gasteiger charge is 2.33. The molecule has 0 spiro atoms. The van der Waals surface area contributed by atoms with Crippen molar-refractivity contribution in [1.82, 2.24) is 9.78 Å². The molecule has 1 aromatic heterocycles. The largest absolute Gasteiger partial charge is 0.494 e. The summed E-state index contributed by atoms with van der Waals surface area (Å²) in [5.41, 5.74) is -0.672. The molecule has 6 nitrogen and oxygen atoms in total. The molecular formula is C16H18F3N3O3. The Morgan fingerprint density at radius 3 is 2.52 bits per heavy atom. The molecule has 0 atom stereocenters. The molecule has 0 aliphatic rings. The van der Waals surface area contributed by atoms with E-state index in [0.717, 1.165) is 16.9 Å². The number of amides is 1. The van der Waals surface area contributed by atoms with Crippen LogP contribution in [0, 0.1) is 0 Å². The molecule has 136 valence electrons. The number of carbonyl (C=O) groups is 1. The molecule has 0 aliphatic heterocycles. The Bertz CT molecular complexity index is 729. The fraction of sp³-hybridized carbons (Fsp3) is 0.375. The van der Waals surface area contributed by atoms with E-state index in [1.165, 1.54) is 0 Å². The number of benzene rings is 1. The number of hydrogen-bond donors (Lipinski definition) is 1. The first-order valence-corrected chi connectivity index (χ1v) is 7.63. The van der Waals surface area contributed by atoms with Crippen LogP contribution in [0.2, 0.25) is 0 Å². The van der Waals surface area contributed by atoms with E-state index >= 15 is 0 Å². The summed E-state index contributed by atoms with van der Waals surface area (Å²) in [5, 5.41) is 5.95. The van der Waals surface area contributed by atoms with Crippen molar-refractivity contribution in [2.45, 2.75) is 26.6 Å².